The van der Waals surface area contributed by atoms with Crippen molar-refractivity contribution < 1.29 is 22.6 Å². The molecule has 1 aromatic heterocycles. The summed E-state index contributed by atoms with van der Waals surface area (Å²) in [5, 5.41) is 6.48. The highest BCUT2D eigenvalue weighted by molar-refractivity contribution is 5.61. The Hall–Kier alpha value is -3.86. The average Bonchev–Trinajstić information content (AvgIpc) is 2.94. The Bertz CT molecular complexity index is 1270. The Morgan fingerprint density at radius 3 is 2.37 bits per heavy atom. The molecule has 3 aromatic rings. The van der Waals surface area contributed by atoms with Crippen molar-refractivity contribution >= 4 is 11.6 Å². The van der Waals surface area contributed by atoms with E-state index < -0.39 is 12.8 Å². The molecular weight excluding hydrogens is 533 g/mol. The van der Waals surface area contributed by atoms with E-state index in [1.54, 1.807) is 0 Å². The van der Waals surface area contributed by atoms with Crippen molar-refractivity contribution in [2.24, 2.45) is 0 Å². The van der Waals surface area contributed by atoms with E-state index in [-0.39, 0.29) is 24.2 Å². The van der Waals surface area contributed by atoms with Crippen LogP contribution in [0.25, 0.3) is 5.70 Å². The fourth-order valence-electron chi connectivity index (χ4n) is 4.37. The van der Waals surface area contributed by atoms with Gasteiger partial charge in [0.2, 0.25) is 5.95 Å². The van der Waals surface area contributed by atoms with Crippen molar-refractivity contribution in [1.29, 1.82) is 0 Å². The molecule has 0 saturated heterocycles. The first-order valence-corrected chi connectivity index (χ1v) is 13.8. The van der Waals surface area contributed by atoms with Gasteiger partial charge in [-0.2, -0.15) is 28.1 Å². The Kier molecular flexibility index (Phi) is 10.4. The second kappa shape index (κ2) is 14.2. The smallest absolute Gasteiger partial charge is 0.422 e. The van der Waals surface area contributed by atoms with Gasteiger partial charge >= 0.3 is 12.2 Å². The van der Waals surface area contributed by atoms with Crippen molar-refractivity contribution in [1.82, 2.24) is 25.2 Å². The molecule has 11 heteroatoms. The molecular formula is C30H37F3N6O2. The highest BCUT2D eigenvalue weighted by atomic mass is 19.4. The summed E-state index contributed by atoms with van der Waals surface area (Å²) < 4.78 is 49.1. The summed E-state index contributed by atoms with van der Waals surface area (Å²) in [5.41, 5.74) is 3.61. The molecule has 0 saturated carbocycles. The highest BCUT2D eigenvalue weighted by Crippen LogP contribution is 2.20. The lowest BCUT2D eigenvalue weighted by atomic mass is 10.1. The van der Waals surface area contributed by atoms with Crippen LogP contribution in [-0.4, -0.2) is 64.9 Å². The Morgan fingerprint density at radius 1 is 0.951 bits per heavy atom. The van der Waals surface area contributed by atoms with Crippen LogP contribution in [0.15, 0.2) is 55.1 Å². The maximum Gasteiger partial charge on any atom is 0.422 e. The van der Waals surface area contributed by atoms with Crippen molar-refractivity contribution in [3.63, 3.8) is 0 Å². The van der Waals surface area contributed by atoms with Crippen LogP contribution in [0, 0.1) is 0 Å². The van der Waals surface area contributed by atoms with Gasteiger partial charge in [0.25, 0.3) is 0 Å². The zero-order chi connectivity index (χ0) is 29.2. The minimum Gasteiger partial charge on any atom is -0.494 e. The molecule has 8 nitrogen and oxygen atoms in total. The second-order valence-corrected chi connectivity index (χ2v) is 10.2. The van der Waals surface area contributed by atoms with E-state index in [1.165, 1.54) is 0 Å². The number of aromatic nitrogens is 3. The first-order chi connectivity index (χ1) is 19.6. The van der Waals surface area contributed by atoms with Gasteiger partial charge in [-0.1, -0.05) is 43.0 Å². The predicted octanol–water partition coefficient (Wildman–Crippen LogP) is 5.46. The number of hydrogen-bond donors (Lipinski definition) is 2. The summed E-state index contributed by atoms with van der Waals surface area (Å²) in [6, 6.07) is 15.5. The van der Waals surface area contributed by atoms with E-state index in [0.29, 0.717) is 19.2 Å². The van der Waals surface area contributed by atoms with Crippen molar-refractivity contribution in [3.05, 3.63) is 77.6 Å². The third-order valence-electron chi connectivity index (χ3n) is 6.61. The summed E-state index contributed by atoms with van der Waals surface area (Å²) in [4.78, 5) is 15.1. The molecule has 2 aromatic carbocycles. The number of halogens is 3. The number of rotatable bonds is 3. The fourth-order valence-corrected chi connectivity index (χ4v) is 4.37. The molecule has 7 rings (SSSR count). The number of anilines is 1. The average molecular weight is 571 g/mol. The van der Waals surface area contributed by atoms with E-state index >= 15 is 0 Å². The van der Waals surface area contributed by atoms with Gasteiger partial charge in [-0.05, 0) is 55.5 Å². The fraction of sp³-hybridized carbons (Fsp3) is 0.433. The van der Waals surface area contributed by atoms with Crippen LogP contribution < -0.4 is 20.1 Å². The predicted molar refractivity (Wildman–Crippen MR) is 153 cm³/mol. The second-order valence-electron chi connectivity index (χ2n) is 10.2. The summed E-state index contributed by atoms with van der Waals surface area (Å²) in [6.07, 6.45) is -2.33. The van der Waals surface area contributed by atoms with Crippen LogP contribution in [0.2, 0.25) is 0 Å². The van der Waals surface area contributed by atoms with Crippen LogP contribution in [0.3, 0.4) is 0 Å². The van der Waals surface area contributed by atoms with Gasteiger partial charge < -0.3 is 25.0 Å². The lowest BCUT2D eigenvalue weighted by molar-refractivity contribution is -0.154. The lowest BCUT2D eigenvalue weighted by Gasteiger charge is -2.26. The molecule has 220 valence electrons. The summed E-state index contributed by atoms with van der Waals surface area (Å²) in [5.74, 6) is 1.20. The van der Waals surface area contributed by atoms with Crippen molar-refractivity contribution in [3.8, 4) is 11.8 Å². The van der Waals surface area contributed by atoms with Gasteiger partial charge in [-0.15, -0.1) is 0 Å². The first-order valence-electron chi connectivity index (χ1n) is 13.8. The number of benzene rings is 2. The first kappa shape index (κ1) is 30.1. The standard InChI is InChI=1S/C30H37F3N6O2/c1-21(2)39-15-4-14-34-22(3)25-10-6-23(7-11-25)18-27-36-28(38-29(37-27)41-20-30(31,32)33)35-19-24-8-12-26(13-9-24)40-17-5-16-39/h6-13,21,34H,3-5,14-20H2,1-2H3,(H,35,36,37,38). The molecule has 0 radical (unpaired) electrons. The maximum absolute atomic E-state index is 12.8. The lowest BCUT2D eigenvalue weighted by Crippen LogP contribution is -2.34. The number of ether oxygens (including phenoxy) is 2. The van der Waals surface area contributed by atoms with Crippen LogP contribution in [-0.2, 0) is 13.0 Å². The molecule has 0 spiro atoms. The SMILES string of the molecule is C=C1NCCCN(C(C)C)CCCOc2ccc(cc2)CNc2nc(nc(OCC(F)(F)F)n2)Cc2ccc1cc2. The normalized spacial score (nSPS) is 16.0. The zero-order valence-electron chi connectivity index (χ0n) is 23.5. The van der Waals surface area contributed by atoms with E-state index in [4.69, 9.17) is 9.47 Å². The molecule has 4 aliphatic heterocycles. The Morgan fingerprint density at radius 2 is 1.66 bits per heavy atom. The van der Waals surface area contributed by atoms with E-state index in [1.807, 2.05) is 48.5 Å². The van der Waals surface area contributed by atoms with Gasteiger partial charge in [0.1, 0.15) is 11.6 Å². The molecule has 0 unspecified atom stereocenters. The number of hydrogen-bond acceptors (Lipinski definition) is 8. The zero-order valence-corrected chi connectivity index (χ0v) is 23.5. The third-order valence-corrected chi connectivity index (χ3v) is 6.61. The molecule has 5 heterocycles. The van der Waals surface area contributed by atoms with Gasteiger partial charge in [0, 0.05) is 44.3 Å². The Labute approximate surface area is 239 Å². The number of nitrogens with zero attached hydrogens (tertiary/aromatic N) is 4. The minimum absolute atomic E-state index is 0.130. The van der Waals surface area contributed by atoms with Gasteiger partial charge in [0.05, 0.1) is 6.61 Å². The van der Waals surface area contributed by atoms with Crippen LogP contribution in [0.5, 0.6) is 11.8 Å². The molecule has 4 aliphatic rings. The summed E-state index contributed by atoms with van der Waals surface area (Å²) in [7, 11) is 0. The molecule has 0 amide bonds. The van der Waals surface area contributed by atoms with E-state index in [0.717, 1.165) is 60.6 Å². The van der Waals surface area contributed by atoms with E-state index in [2.05, 4.69) is 50.9 Å². The molecule has 0 atom stereocenters. The molecule has 6 bridgehead atoms. The van der Waals surface area contributed by atoms with Crippen LogP contribution in [0.1, 0.15) is 49.2 Å². The summed E-state index contributed by atoms with van der Waals surface area (Å²) >= 11 is 0. The molecule has 0 fully saturated rings. The van der Waals surface area contributed by atoms with Crippen LogP contribution >= 0.6 is 0 Å². The molecule has 41 heavy (non-hydrogen) atoms. The van der Waals surface area contributed by atoms with E-state index in [9.17, 15) is 13.2 Å². The van der Waals surface area contributed by atoms with Crippen molar-refractivity contribution in [2.45, 2.75) is 51.9 Å². The highest BCUT2D eigenvalue weighted by Gasteiger charge is 2.29. The van der Waals surface area contributed by atoms with Gasteiger partial charge in [-0.25, -0.2) is 0 Å². The van der Waals surface area contributed by atoms with Gasteiger partial charge in [-0.3, -0.25) is 0 Å². The maximum atomic E-state index is 12.8. The monoisotopic (exact) mass is 570 g/mol. The van der Waals surface area contributed by atoms with Crippen LogP contribution in [0.4, 0.5) is 19.1 Å². The molecule has 2 N–H and O–H groups in total. The third kappa shape index (κ3) is 9.93. The number of alkyl halides is 3. The molecule has 0 aliphatic carbocycles. The van der Waals surface area contributed by atoms with Gasteiger partial charge in [0.15, 0.2) is 6.61 Å². The van der Waals surface area contributed by atoms with Crippen molar-refractivity contribution in [2.75, 3.05) is 38.2 Å². The largest absolute Gasteiger partial charge is 0.494 e. The quantitative estimate of drug-likeness (QED) is 0.430. The minimum atomic E-state index is -4.51. The Balaban J connectivity index is 1.54. The number of nitrogens with one attached hydrogen (secondary N) is 2. The topological polar surface area (TPSA) is 84.4 Å². The summed E-state index contributed by atoms with van der Waals surface area (Å²) in [6.45, 7) is 10.8.